The Balaban J connectivity index is 3.11. The molecule has 0 aliphatic heterocycles. The number of nitro benzene ring substituents is 1. The minimum Gasteiger partial charge on any atom is -0.394 e. The number of benzene rings is 1. The van der Waals surface area contributed by atoms with Gasteiger partial charge in [-0.1, -0.05) is 17.7 Å². The zero-order valence-electron chi connectivity index (χ0n) is 9.01. The zero-order valence-corrected chi connectivity index (χ0v) is 9.77. The molecule has 0 aliphatic rings. The molecule has 0 unspecified atom stereocenters. The van der Waals surface area contributed by atoms with E-state index in [4.69, 9.17) is 16.7 Å². The van der Waals surface area contributed by atoms with Crippen LogP contribution >= 0.6 is 11.6 Å². The molecular formula is C10H11ClN2O4. The van der Waals surface area contributed by atoms with Crippen molar-refractivity contribution in [3.8, 4) is 0 Å². The smallest absolute Gasteiger partial charge is 0.283 e. The van der Waals surface area contributed by atoms with Gasteiger partial charge in [-0.2, -0.15) is 0 Å². The molecule has 0 aromatic heterocycles. The molecule has 6 nitrogen and oxygen atoms in total. The van der Waals surface area contributed by atoms with E-state index in [1.807, 2.05) is 0 Å². The Kier molecular flexibility index (Phi) is 4.42. The van der Waals surface area contributed by atoms with Gasteiger partial charge in [0.25, 0.3) is 11.6 Å². The van der Waals surface area contributed by atoms with Crippen molar-refractivity contribution in [3.05, 3.63) is 38.9 Å². The van der Waals surface area contributed by atoms with E-state index in [1.54, 1.807) is 6.92 Å². The third-order valence-corrected chi connectivity index (χ3v) is 2.38. The number of aliphatic hydroxyl groups is 1. The number of carbonyl (C=O) groups is 1. The molecule has 1 atom stereocenters. The zero-order chi connectivity index (χ0) is 13.0. The lowest BCUT2D eigenvalue weighted by molar-refractivity contribution is -0.385. The highest BCUT2D eigenvalue weighted by Gasteiger charge is 2.23. The number of hydrogen-bond acceptors (Lipinski definition) is 4. The lowest BCUT2D eigenvalue weighted by Crippen LogP contribution is -2.35. The minimum atomic E-state index is -0.677. The average molecular weight is 259 g/mol. The van der Waals surface area contributed by atoms with Gasteiger partial charge in [-0.3, -0.25) is 14.9 Å². The first-order valence-electron chi connectivity index (χ1n) is 4.82. The first-order chi connectivity index (χ1) is 7.97. The predicted molar refractivity (Wildman–Crippen MR) is 62.1 cm³/mol. The molecule has 0 saturated carbocycles. The molecule has 1 rings (SSSR count). The molecule has 1 aromatic carbocycles. The number of carbonyl (C=O) groups excluding carboxylic acids is 1. The summed E-state index contributed by atoms with van der Waals surface area (Å²) in [6, 6.07) is 3.49. The molecule has 0 bridgehead atoms. The van der Waals surface area contributed by atoms with Gasteiger partial charge in [0.1, 0.15) is 5.56 Å². The lowest BCUT2D eigenvalue weighted by atomic mass is 10.1. The van der Waals surface area contributed by atoms with E-state index >= 15 is 0 Å². The van der Waals surface area contributed by atoms with Crippen LogP contribution in [0.15, 0.2) is 18.2 Å². The van der Waals surface area contributed by atoms with E-state index in [1.165, 1.54) is 18.2 Å². The second-order valence-electron chi connectivity index (χ2n) is 3.45. The van der Waals surface area contributed by atoms with Crippen molar-refractivity contribution >= 4 is 23.2 Å². The summed E-state index contributed by atoms with van der Waals surface area (Å²) in [4.78, 5) is 21.8. The van der Waals surface area contributed by atoms with E-state index in [0.717, 1.165) is 0 Å². The molecule has 2 N–H and O–H groups in total. The topological polar surface area (TPSA) is 92.5 Å². The third-order valence-electron chi connectivity index (χ3n) is 2.07. The first kappa shape index (κ1) is 13.4. The van der Waals surface area contributed by atoms with Crippen LogP contribution in [0.25, 0.3) is 0 Å². The van der Waals surface area contributed by atoms with E-state index in [9.17, 15) is 14.9 Å². The Morgan fingerprint density at radius 2 is 2.29 bits per heavy atom. The summed E-state index contributed by atoms with van der Waals surface area (Å²) < 4.78 is 0. The van der Waals surface area contributed by atoms with E-state index < -0.39 is 16.9 Å². The highest BCUT2D eigenvalue weighted by atomic mass is 35.5. The fourth-order valence-corrected chi connectivity index (χ4v) is 1.49. The average Bonchev–Trinajstić information content (AvgIpc) is 2.28. The summed E-state index contributed by atoms with van der Waals surface area (Å²) in [5.41, 5.74) is -0.556. The molecule has 0 spiro atoms. The number of nitrogens with one attached hydrogen (secondary N) is 1. The Bertz CT molecular complexity index is 450. The van der Waals surface area contributed by atoms with Gasteiger partial charge in [0, 0.05) is 12.1 Å². The summed E-state index contributed by atoms with van der Waals surface area (Å²) in [7, 11) is 0. The Morgan fingerprint density at radius 1 is 1.65 bits per heavy atom. The van der Waals surface area contributed by atoms with Crippen LogP contribution in [-0.4, -0.2) is 28.6 Å². The summed E-state index contributed by atoms with van der Waals surface area (Å²) >= 11 is 5.77. The van der Waals surface area contributed by atoms with Crippen LogP contribution in [0, 0.1) is 10.1 Å². The Morgan fingerprint density at radius 3 is 2.82 bits per heavy atom. The van der Waals surface area contributed by atoms with Crippen LogP contribution in [0.3, 0.4) is 0 Å². The monoisotopic (exact) mass is 258 g/mol. The van der Waals surface area contributed by atoms with Crippen molar-refractivity contribution in [2.75, 3.05) is 6.61 Å². The summed E-state index contributed by atoms with van der Waals surface area (Å²) in [5.74, 6) is -0.677. The van der Waals surface area contributed by atoms with E-state index in [2.05, 4.69) is 5.32 Å². The maximum absolute atomic E-state index is 11.7. The van der Waals surface area contributed by atoms with Gasteiger partial charge in [-0.05, 0) is 13.0 Å². The third kappa shape index (κ3) is 3.15. The Labute approximate surface area is 102 Å². The molecule has 0 saturated heterocycles. The fraction of sp³-hybridized carbons (Fsp3) is 0.300. The number of nitrogens with zero attached hydrogens (tertiary/aromatic N) is 1. The Hall–Kier alpha value is -1.66. The van der Waals surface area contributed by atoms with Crippen LogP contribution < -0.4 is 5.32 Å². The van der Waals surface area contributed by atoms with E-state index in [-0.39, 0.29) is 22.9 Å². The molecule has 0 radical (unpaired) electrons. The fourth-order valence-electron chi connectivity index (χ4n) is 1.23. The van der Waals surface area contributed by atoms with Gasteiger partial charge in [0.15, 0.2) is 0 Å². The van der Waals surface area contributed by atoms with Gasteiger partial charge in [-0.25, -0.2) is 0 Å². The number of halogens is 1. The molecule has 17 heavy (non-hydrogen) atoms. The number of aliphatic hydroxyl groups excluding tert-OH is 1. The van der Waals surface area contributed by atoms with E-state index in [0.29, 0.717) is 0 Å². The normalized spacial score (nSPS) is 11.9. The number of hydrogen-bond donors (Lipinski definition) is 2. The van der Waals surface area contributed by atoms with Crippen LogP contribution in [0.4, 0.5) is 5.69 Å². The highest BCUT2D eigenvalue weighted by Crippen LogP contribution is 2.25. The molecule has 0 heterocycles. The van der Waals surface area contributed by atoms with Crippen molar-refractivity contribution in [3.63, 3.8) is 0 Å². The molecule has 1 aromatic rings. The SMILES string of the molecule is C[C@@H](CO)NC(=O)c1c(Cl)cccc1[N+](=O)[O-]. The number of rotatable bonds is 4. The van der Waals surface area contributed by atoms with Gasteiger partial charge >= 0.3 is 0 Å². The highest BCUT2D eigenvalue weighted by molar-refractivity contribution is 6.34. The van der Waals surface area contributed by atoms with Crippen LogP contribution in [0.1, 0.15) is 17.3 Å². The second kappa shape index (κ2) is 5.60. The van der Waals surface area contributed by atoms with Gasteiger partial charge in [0.2, 0.25) is 0 Å². The van der Waals surface area contributed by atoms with Crippen molar-refractivity contribution in [1.29, 1.82) is 0 Å². The first-order valence-corrected chi connectivity index (χ1v) is 5.19. The van der Waals surface area contributed by atoms with Gasteiger partial charge in [-0.15, -0.1) is 0 Å². The summed E-state index contributed by atoms with van der Waals surface area (Å²) in [5, 5.41) is 22.0. The van der Waals surface area contributed by atoms with Crippen molar-refractivity contribution < 1.29 is 14.8 Å². The number of nitro groups is 1. The molecule has 1 amide bonds. The quantitative estimate of drug-likeness (QED) is 0.630. The maximum Gasteiger partial charge on any atom is 0.283 e. The van der Waals surface area contributed by atoms with Crippen LogP contribution in [-0.2, 0) is 0 Å². The maximum atomic E-state index is 11.7. The number of amides is 1. The molecule has 0 aliphatic carbocycles. The molecule has 7 heteroatoms. The van der Waals surface area contributed by atoms with Crippen molar-refractivity contribution in [1.82, 2.24) is 5.32 Å². The molecule has 0 fully saturated rings. The molecular weight excluding hydrogens is 248 g/mol. The minimum absolute atomic E-state index is 0.00170. The lowest BCUT2D eigenvalue weighted by Gasteiger charge is -2.11. The largest absolute Gasteiger partial charge is 0.394 e. The summed E-state index contributed by atoms with van der Waals surface area (Å²) in [6.45, 7) is 1.31. The molecule has 92 valence electrons. The van der Waals surface area contributed by atoms with Gasteiger partial charge < -0.3 is 10.4 Å². The van der Waals surface area contributed by atoms with Gasteiger partial charge in [0.05, 0.1) is 16.6 Å². The summed E-state index contributed by atoms with van der Waals surface area (Å²) in [6.07, 6.45) is 0. The van der Waals surface area contributed by atoms with Crippen LogP contribution in [0.5, 0.6) is 0 Å². The second-order valence-corrected chi connectivity index (χ2v) is 3.86. The standard InChI is InChI=1S/C10H11ClN2O4/c1-6(5-14)12-10(15)9-7(11)3-2-4-8(9)13(16)17/h2-4,6,14H,5H2,1H3,(H,12,15)/t6-/m0/s1. The van der Waals surface area contributed by atoms with Crippen LogP contribution in [0.2, 0.25) is 5.02 Å². The van der Waals surface area contributed by atoms with Crippen molar-refractivity contribution in [2.24, 2.45) is 0 Å². The van der Waals surface area contributed by atoms with Crippen molar-refractivity contribution in [2.45, 2.75) is 13.0 Å². The predicted octanol–water partition coefficient (Wildman–Crippen LogP) is 1.36.